The van der Waals surface area contributed by atoms with E-state index in [1.165, 1.54) is 39.1 Å². The largest absolute Gasteiger partial charge is 0.381 e. The molecule has 0 fully saturated rings. The number of dihydropyridines is 1. The summed E-state index contributed by atoms with van der Waals surface area (Å²) in [5.41, 5.74) is 9.36. The van der Waals surface area contributed by atoms with Gasteiger partial charge in [0, 0.05) is 24.2 Å². The molecule has 0 spiro atoms. The molecule has 0 aromatic heterocycles. The second-order valence-corrected chi connectivity index (χ2v) is 9.36. The van der Waals surface area contributed by atoms with E-state index in [0.717, 1.165) is 19.4 Å². The van der Waals surface area contributed by atoms with Gasteiger partial charge in [-0.3, -0.25) is 0 Å². The van der Waals surface area contributed by atoms with Gasteiger partial charge in [-0.15, -0.1) is 0 Å². The van der Waals surface area contributed by atoms with Crippen LogP contribution in [0.2, 0.25) is 0 Å². The molecule has 1 N–H and O–H groups in total. The lowest BCUT2D eigenvalue weighted by Crippen LogP contribution is -2.50. The van der Waals surface area contributed by atoms with Gasteiger partial charge in [0.25, 0.3) is 0 Å². The maximum atomic E-state index is 3.64. The maximum absolute atomic E-state index is 3.64. The normalized spacial score (nSPS) is 22.9. The lowest BCUT2D eigenvalue weighted by molar-refractivity contribution is 0.153. The highest BCUT2D eigenvalue weighted by molar-refractivity contribution is 5.76. The van der Waals surface area contributed by atoms with Gasteiger partial charge in [-0.25, -0.2) is 0 Å². The van der Waals surface area contributed by atoms with Crippen molar-refractivity contribution in [3.05, 3.63) is 143 Å². The molecule has 3 aromatic carbocycles. The lowest BCUT2D eigenvalue weighted by Gasteiger charge is -2.52. The molecule has 3 heterocycles. The molecule has 3 aromatic rings. The topological polar surface area (TPSA) is 15.3 Å². The predicted octanol–water partition coefficient (Wildman–Crippen LogP) is 7.00. The van der Waals surface area contributed by atoms with Gasteiger partial charge in [-0.1, -0.05) is 97.9 Å². The Labute approximate surface area is 202 Å². The van der Waals surface area contributed by atoms with Crippen molar-refractivity contribution in [1.82, 2.24) is 10.2 Å². The van der Waals surface area contributed by atoms with E-state index in [1.807, 2.05) is 0 Å². The van der Waals surface area contributed by atoms with Crippen LogP contribution in [-0.4, -0.2) is 11.4 Å². The van der Waals surface area contributed by atoms with E-state index in [-0.39, 0.29) is 11.6 Å². The first-order valence-corrected chi connectivity index (χ1v) is 12.3. The first-order valence-electron chi connectivity index (χ1n) is 12.3. The Morgan fingerprint density at radius 1 is 0.941 bits per heavy atom. The first-order chi connectivity index (χ1) is 16.8. The molecule has 1 unspecified atom stereocenters. The lowest BCUT2D eigenvalue weighted by atomic mass is 9.72. The Kier molecular flexibility index (Phi) is 5.22. The van der Waals surface area contributed by atoms with Gasteiger partial charge in [0.2, 0.25) is 0 Å². The molecule has 168 valence electrons. The molecule has 2 heteroatoms. The Hall–Kier alpha value is -3.78. The molecule has 3 aliphatic heterocycles. The van der Waals surface area contributed by atoms with Gasteiger partial charge in [0.1, 0.15) is 0 Å². The molecular formula is C32H30N2. The zero-order valence-electron chi connectivity index (χ0n) is 19.6. The highest BCUT2D eigenvalue weighted by Gasteiger charge is 2.44. The van der Waals surface area contributed by atoms with Crippen LogP contribution in [0.5, 0.6) is 0 Å². The highest BCUT2D eigenvalue weighted by atomic mass is 15.2. The average molecular weight is 443 g/mol. The third-order valence-electron chi connectivity index (χ3n) is 7.64. The molecule has 2 nitrogen and oxygen atoms in total. The fourth-order valence-corrected chi connectivity index (χ4v) is 5.96. The molecule has 2 atom stereocenters. The molecule has 0 saturated heterocycles. The first kappa shape index (κ1) is 20.8. The van der Waals surface area contributed by atoms with Crippen LogP contribution in [-0.2, 0) is 12.0 Å². The third kappa shape index (κ3) is 3.33. The molecule has 6 rings (SSSR count). The van der Waals surface area contributed by atoms with Crippen LogP contribution < -0.4 is 5.32 Å². The van der Waals surface area contributed by atoms with Crippen LogP contribution in [0.3, 0.4) is 0 Å². The van der Waals surface area contributed by atoms with E-state index in [9.17, 15) is 0 Å². The van der Waals surface area contributed by atoms with Gasteiger partial charge in [0.15, 0.2) is 0 Å². The van der Waals surface area contributed by atoms with E-state index in [1.54, 1.807) is 0 Å². The van der Waals surface area contributed by atoms with Gasteiger partial charge in [0.05, 0.1) is 11.6 Å². The quantitative estimate of drug-likeness (QED) is 0.468. The van der Waals surface area contributed by atoms with Gasteiger partial charge in [-0.05, 0) is 58.7 Å². The van der Waals surface area contributed by atoms with Crippen molar-refractivity contribution >= 4 is 11.3 Å². The summed E-state index contributed by atoms with van der Waals surface area (Å²) in [6, 6.07) is 28.8. The van der Waals surface area contributed by atoms with Crippen molar-refractivity contribution in [3.8, 4) is 0 Å². The number of fused-ring (bicyclic) bond motifs is 3. The summed E-state index contributed by atoms with van der Waals surface area (Å²) in [5.74, 6) is 0. The summed E-state index contributed by atoms with van der Waals surface area (Å²) in [6.07, 6.45) is 15.5. The third-order valence-corrected chi connectivity index (χ3v) is 7.64. The van der Waals surface area contributed by atoms with E-state index in [2.05, 4.69) is 133 Å². The zero-order valence-corrected chi connectivity index (χ0v) is 19.6. The minimum Gasteiger partial charge on any atom is -0.381 e. The van der Waals surface area contributed by atoms with Gasteiger partial charge < -0.3 is 10.2 Å². The van der Waals surface area contributed by atoms with Crippen molar-refractivity contribution in [2.45, 2.75) is 31.3 Å². The van der Waals surface area contributed by atoms with Gasteiger partial charge in [-0.2, -0.15) is 0 Å². The number of nitrogens with one attached hydrogen (secondary N) is 1. The average Bonchev–Trinajstić information content (AvgIpc) is 2.93. The molecule has 0 radical (unpaired) electrons. The van der Waals surface area contributed by atoms with Crippen LogP contribution in [0.1, 0.15) is 47.2 Å². The Morgan fingerprint density at radius 2 is 1.74 bits per heavy atom. The maximum Gasteiger partial charge on any atom is 0.0705 e. The minimum absolute atomic E-state index is 0.0921. The Balaban J connectivity index is 1.49. The fourth-order valence-electron chi connectivity index (χ4n) is 5.96. The summed E-state index contributed by atoms with van der Waals surface area (Å²) < 4.78 is 0. The monoisotopic (exact) mass is 442 g/mol. The van der Waals surface area contributed by atoms with Crippen LogP contribution in [0, 0.1) is 0 Å². The number of allylic oxidation sites excluding steroid dienone is 4. The van der Waals surface area contributed by atoms with E-state index in [0.29, 0.717) is 0 Å². The number of nitrogens with zero attached hydrogens (tertiary/aromatic N) is 1. The van der Waals surface area contributed by atoms with Crippen molar-refractivity contribution in [3.63, 3.8) is 0 Å². The second-order valence-electron chi connectivity index (χ2n) is 9.36. The molecule has 0 amide bonds. The van der Waals surface area contributed by atoms with Crippen molar-refractivity contribution < 1.29 is 0 Å². The molecule has 0 aliphatic carbocycles. The predicted molar refractivity (Wildman–Crippen MR) is 142 cm³/mol. The van der Waals surface area contributed by atoms with E-state index in [4.69, 9.17) is 0 Å². The Morgan fingerprint density at radius 3 is 2.62 bits per heavy atom. The molecular weight excluding hydrogens is 412 g/mol. The Bertz CT molecular complexity index is 1330. The number of rotatable bonds is 4. The minimum atomic E-state index is -0.0921. The highest BCUT2D eigenvalue weighted by Crippen LogP contribution is 2.48. The van der Waals surface area contributed by atoms with Crippen LogP contribution in [0.15, 0.2) is 115 Å². The molecule has 3 aliphatic rings. The summed E-state index contributed by atoms with van der Waals surface area (Å²) in [6.45, 7) is 3.28. The van der Waals surface area contributed by atoms with E-state index < -0.39 is 0 Å². The van der Waals surface area contributed by atoms with Crippen molar-refractivity contribution in [2.24, 2.45) is 0 Å². The van der Waals surface area contributed by atoms with E-state index >= 15 is 0 Å². The summed E-state index contributed by atoms with van der Waals surface area (Å²) in [5, 5.41) is 3.64. The zero-order chi connectivity index (χ0) is 23.0. The van der Waals surface area contributed by atoms with Crippen LogP contribution in [0.4, 0.5) is 0 Å². The van der Waals surface area contributed by atoms with Crippen molar-refractivity contribution in [1.29, 1.82) is 0 Å². The standard InChI is InChI=1S/C32H30N2/c1-2-32(23-26-14-6-7-15-27(26)31-18-10-11-21-34(31)32)29-17-9-8-16-28(29)30-22-25(19-20-33-30)24-12-4-3-5-13-24/h3-20,22,30,33H,2,21,23H2,1H3/t30?,32-/m1/s1. The molecule has 0 saturated carbocycles. The summed E-state index contributed by atoms with van der Waals surface area (Å²) in [4.78, 5) is 2.65. The van der Waals surface area contributed by atoms with Crippen LogP contribution >= 0.6 is 0 Å². The fraction of sp³-hybridized carbons (Fsp3) is 0.188. The molecule has 34 heavy (non-hydrogen) atoms. The number of benzene rings is 3. The van der Waals surface area contributed by atoms with Gasteiger partial charge >= 0.3 is 0 Å². The smallest absolute Gasteiger partial charge is 0.0705 e. The summed E-state index contributed by atoms with van der Waals surface area (Å²) >= 11 is 0. The SMILES string of the molecule is CC[C@]1(c2ccccc2C2C=C(c3ccccc3)C=CN2)Cc2ccccc2C2=CC=CCN21. The second kappa shape index (κ2) is 8.53. The molecule has 0 bridgehead atoms. The number of hydrogen-bond donors (Lipinski definition) is 1. The van der Waals surface area contributed by atoms with Crippen LogP contribution in [0.25, 0.3) is 11.3 Å². The van der Waals surface area contributed by atoms with Crippen molar-refractivity contribution in [2.75, 3.05) is 6.54 Å². The number of hydrogen-bond acceptors (Lipinski definition) is 2. The summed E-state index contributed by atoms with van der Waals surface area (Å²) in [7, 11) is 0.